The van der Waals surface area contributed by atoms with Crippen LogP contribution in [0, 0.1) is 17.3 Å². The van der Waals surface area contributed by atoms with Crippen molar-refractivity contribution in [3.8, 4) is 0 Å². The summed E-state index contributed by atoms with van der Waals surface area (Å²) in [6.07, 6.45) is 6.94. The Kier molecular flexibility index (Phi) is 4.65. The Bertz CT molecular complexity index is 939. The molecule has 2 aliphatic heterocycles. The number of rotatable bonds is 4. The van der Waals surface area contributed by atoms with Gasteiger partial charge in [0.25, 0.3) is 0 Å². The molecule has 3 saturated carbocycles. The Morgan fingerprint density at radius 2 is 1.87 bits per heavy atom. The first-order valence-electron chi connectivity index (χ1n) is 11.7. The molecule has 0 atom stereocenters. The number of amides is 1. The van der Waals surface area contributed by atoms with Crippen molar-refractivity contribution in [2.45, 2.75) is 51.1 Å². The second kappa shape index (κ2) is 7.31. The Morgan fingerprint density at radius 1 is 1.10 bits per heavy atom. The molecule has 0 bridgehead atoms. The zero-order chi connectivity index (χ0) is 21.2. The molecule has 1 amide bonds. The third-order valence-electron chi connectivity index (χ3n) is 7.84. The summed E-state index contributed by atoms with van der Waals surface area (Å²) in [4.78, 5) is 19.4. The third kappa shape index (κ3) is 3.58. The Labute approximate surface area is 188 Å². The second-order valence-electron chi connectivity index (χ2n) is 10.3. The average molecular weight is 440 g/mol. The number of carbonyl (C=O) groups excluding carboxylic acids is 1. The highest BCUT2D eigenvalue weighted by atomic mass is 35.5. The molecule has 0 N–H and O–H groups in total. The van der Waals surface area contributed by atoms with Gasteiger partial charge in [-0.25, -0.2) is 0 Å². The predicted molar refractivity (Wildman–Crippen MR) is 124 cm³/mol. The summed E-state index contributed by atoms with van der Waals surface area (Å²) in [5.41, 5.74) is 2.77. The van der Waals surface area contributed by atoms with Crippen LogP contribution in [0.4, 0.5) is 5.69 Å². The maximum absolute atomic E-state index is 12.3. The zero-order valence-electron chi connectivity index (χ0n) is 18.0. The van der Waals surface area contributed by atoms with Gasteiger partial charge in [0.05, 0.1) is 0 Å². The highest BCUT2D eigenvalue weighted by Crippen LogP contribution is 2.54. The van der Waals surface area contributed by atoms with Crippen LogP contribution in [-0.2, 0) is 11.3 Å². The van der Waals surface area contributed by atoms with E-state index in [2.05, 4.69) is 43.8 Å². The maximum Gasteiger partial charge on any atom is 0.225 e. The van der Waals surface area contributed by atoms with Gasteiger partial charge in [0, 0.05) is 73.4 Å². The van der Waals surface area contributed by atoms with Crippen molar-refractivity contribution in [3.05, 3.63) is 28.8 Å². The molecule has 164 valence electrons. The predicted octanol–water partition coefficient (Wildman–Crippen LogP) is 3.79. The molecule has 1 saturated heterocycles. The van der Waals surface area contributed by atoms with Gasteiger partial charge in [0.15, 0.2) is 0 Å². The van der Waals surface area contributed by atoms with Crippen LogP contribution in [-0.4, -0.2) is 60.5 Å². The van der Waals surface area contributed by atoms with Gasteiger partial charge in [-0.2, -0.15) is 5.10 Å². The third-order valence-corrected chi connectivity index (χ3v) is 8.08. The van der Waals surface area contributed by atoms with E-state index in [1.54, 1.807) is 0 Å². The molecule has 6 rings (SSSR count). The van der Waals surface area contributed by atoms with Crippen LogP contribution in [0.2, 0.25) is 5.02 Å². The van der Waals surface area contributed by atoms with Crippen molar-refractivity contribution < 1.29 is 4.79 Å². The molecular formula is C24H30ClN5O. The van der Waals surface area contributed by atoms with E-state index in [1.165, 1.54) is 24.1 Å². The van der Waals surface area contributed by atoms with Crippen LogP contribution in [0.15, 0.2) is 28.4 Å². The Hall–Kier alpha value is -1.92. The molecular weight excluding hydrogens is 410 g/mol. The van der Waals surface area contributed by atoms with Crippen molar-refractivity contribution in [2.24, 2.45) is 27.5 Å². The van der Waals surface area contributed by atoms with E-state index in [-0.39, 0.29) is 0 Å². The van der Waals surface area contributed by atoms with E-state index in [1.807, 2.05) is 6.07 Å². The highest BCUT2D eigenvalue weighted by molar-refractivity contribution is 6.30. The normalized spacial score (nSPS) is 26.2. The first-order chi connectivity index (χ1) is 15.0. The number of hydrogen-bond donors (Lipinski definition) is 0. The quantitative estimate of drug-likeness (QED) is 0.407. The highest BCUT2D eigenvalue weighted by Gasteiger charge is 2.56. The van der Waals surface area contributed by atoms with E-state index < -0.39 is 0 Å². The summed E-state index contributed by atoms with van der Waals surface area (Å²) >= 11 is 6.36. The first kappa shape index (κ1) is 19.7. The van der Waals surface area contributed by atoms with Crippen LogP contribution in [0.3, 0.4) is 0 Å². The molecule has 5 aliphatic rings. The van der Waals surface area contributed by atoms with Crippen molar-refractivity contribution in [2.75, 3.05) is 31.1 Å². The minimum atomic E-state index is 0.297. The SMILES string of the molecule is C=N/N=C(/C1CC2(C1)CN(C(=O)C1CC1)C2)N1CCN(C2CC2)Cc2cc(Cl)ccc21. The summed E-state index contributed by atoms with van der Waals surface area (Å²) in [6, 6.07) is 6.94. The van der Waals surface area contributed by atoms with Gasteiger partial charge < -0.3 is 9.80 Å². The number of anilines is 1. The average Bonchev–Trinajstić information content (AvgIpc) is 3.56. The molecule has 31 heavy (non-hydrogen) atoms. The summed E-state index contributed by atoms with van der Waals surface area (Å²) in [5, 5.41) is 9.31. The molecule has 4 fully saturated rings. The molecule has 3 aliphatic carbocycles. The van der Waals surface area contributed by atoms with Gasteiger partial charge in [0.1, 0.15) is 5.84 Å². The van der Waals surface area contributed by atoms with Crippen molar-refractivity contribution in [3.63, 3.8) is 0 Å². The number of hydrogen-bond acceptors (Lipinski definition) is 4. The first-order valence-corrected chi connectivity index (χ1v) is 12.1. The van der Waals surface area contributed by atoms with Gasteiger partial charge in [-0.05, 0) is 62.3 Å². The Morgan fingerprint density at radius 3 is 2.55 bits per heavy atom. The van der Waals surface area contributed by atoms with E-state index in [4.69, 9.17) is 11.6 Å². The lowest BCUT2D eigenvalue weighted by molar-refractivity contribution is -0.153. The monoisotopic (exact) mass is 439 g/mol. The fourth-order valence-corrected chi connectivity index (χ4v) is 6.14. The van der Waals surface area contributed by atoms with E-state index in [0.29, 0.717) is 29.2 Å². The largest absolute Gasteiger partial charge is 0.341 e. The van der Waals surface area contributed by atoms with Crippen molar-refractivity contribution in [1.29, 1.82) is 0 Å². The molecule has 2 heterocycles. The number of fused-ring (bicyclic) bond motifs is 1. The number of likely N-dealkylation sites (tertiary alicyclic amines) is 1. The molecule has 7 heteroatoms. The molecule has 0 radical (unpaired) electrons. The number of nitrogens with zero attached hydrogens (tertiary/aromatic N) is 5. The maximum atomic E-state index is 12.3. The van der Waals surface area contributed by atoms with Crippen LogP contribution in [0.5, 0.6) is 0 Å². The number of carbonyl (C=O) groups is 1. The fraction of sp³-hybridized carbons (Fsp3) is 0.625. The number of halogens is 1. The van der Waals surface area contributed by atoms with Crippen LogP contribution >= 0.6 is 11.6 Å². The minimum absolute atomic E-state index is 0.297. The summed E-state index contributed by atoms with van der Waals surface area (Å²) in [7, 11) is 0. The second-order valence-corrected chi connectivity index (χ2v) is 10.7. The molecule has 1 spiro atoms. The smallest absolute Gasteiger partial charge is 0.225 e. The standard InChI is InChI=1S/C24H30ClN5O/c1-26-27-22(18-11-24(12-18)14-29(15-24)23(31)16-2-3-16)30-9-8-28(20-5-6-20)13-17-10-19(25)4-7-21(17)30/h4,7,10,16,18,20H,1-3,5-6,8-9,11-15H2/b27-22-. The molecule has 1 aromatic carbocycles. The molecule has 1 aromatic rings. The number of benzene rings is 1. The lowest BCUT2D eigenvalue weighted by Gasteiger charge is -2.59. The van der Waals surface area contributed by atoms with Crippen LogP contribution in [0.1, 0.15) is 44.1 Å². The number of amidine groups is 1. The van der Waals surface area contributed by atoms with Crippen molar-refractivity contribution >= 4 is 35.7 Å². The fourth-order valence-electron chi connectivity index (χ4n) is 5.94. The van der Waals surface area contributed by atoms with Gasteiger partial charge in [-0.1, -0.05) is 11.6 Å². The van der Waals surface area contributed by atoms with Gasteiger partial charge >= 0.3 is 0 Å². The zero-order valence-corrected chi connectivity index (χ0v) is 18.7. The van der Waals surface area contributed by atoms with E-state index in [0.717, 1.165) is 69.3 Å². The lowest BCUT2D eigenvalue weighted by atomic mass is 9.57. The molecule has 6 nitrogen and oxygen atoms in total. The minimum Gasteiger partial charge on any atom is -0.341 e. The summed E-state index contributed by atoms with van der Waals surface area (Å²) in [5.74, 6) is 2.12. The van der Waals surface area contributed by atoms with E-state index >= 15 is 0 Å². The molecule has 0 aromatic heterocycles. The van der Waals surface area contributed by atoms with Gasteiger partial charge in [0.2, 0.25) is 5.91 Å². The van der Waals surface area contributed by atoms with Gasteiger partial charge in [-0.15, -0.1) is 5.10 Å². The summed E-state index contributed by atoms with van der Waals surface area (Å²) < 4.78 is 0. The summed E-state index contributed by atoms with van der Waals surface area (Å²) in [6.45, 7) is 8.40. The topological polar surface area (TPSA) is 51.5 Å². The lowest BCUT2D eigenvalue weighted by Crippen LogP contribution is -2.65. The van der Waals surface area contributed by atoms with Crippen LogP contribution in [0.25, 0.3) is 0 Å². The Balaban J connectivity index is 1.20. The van der Waals surface area contributed by atoms with Crippen LogP contribution < -0.4 is 4.90 Å². The van der Waals surface area contributed by atoms with Crippen molar-refractivity contribution in [1.82, 2.24) is 9.80 Å². The van der Waals surface area contributed by atoms with E-state index in [9.17, 15) is 4.79 Å². The molecule has 0 unspecified atom stereocenters. The van der Waals surface area contributed by atoms with Gasteiger partial charge in [-0.3, -0.25) is 9.69 Å².